The van der Waals surface area contributed by atoms with Crippen LogP contribution in [0.15, 0.2) is 85.1 Å². The molecule has 0 aliphatic carbocycles. The second-order valence-electron chi connectivity index (χ2n) is 10.9. The van der Waals surface area contributed by atoms with Gasteiger partial charge >= 0.3 is 7.12 Å². The minimum Gasteiger partial charge on any atom is -0.320 e. The van der Waals surface area contributed by atoms with Gasteiger partial charge in [0.2, 0.25) is 0 Å². The van der Waals surface area contributed by atoms with E-state index in [0.717, 1.165) is 0 Å². The summed E-state index contributed by atoms with van der Waals surface area (Å²) in [4.78, 5) is 7.75. The van der Waals surface area contributed by atoms with Gasteiger partial charge in [0.15, 0.2) is 0 Å². The Bertz CT molecular complexity index is 1480. The van der Waals surface area contributed by atoms with Crippen molar-refractivity contribution >= 4 is 41.4 Å². The second-order valence-corrected chi connectivity index (χ2v) is 10.9. The lowest BCUT2D eigenvalue weighted by Crippen LogP contribution is -2.56. The fourth-order valence-corrected chi connectivity index (χ4v) is 6.56. The zero-order valence-corrected chi connectivity index (χ0v) is 21.7. The standard InChI is InChI=1S/C31H32BN4/c1-20(2)23-13-10-14-24(21(3)4)30(23)35-28-17-9-8-16-27(28)34-29-18-11-19-33-22(5)25-12-6-7-15-26(25)36(31(29)33)32(34)35/h6-22H,1-5H3/q+1/t22-/m1/s1. The summed E-state index contributed by atoms with van der Waals surface area (Å²) in [5.41, 5.74) is 10.6. The van der Waals surface area contributed by atoms with Gasteiger partial charge in [-0.25, -0.2) is 9.38 Å². The Balaban J connectivity index is 1.57. The Kier molecular flexibility index (Phi) is 4.57. The van der Waals surface area contributed by atoms with E-state index in [4.69, 9.17) is 0 Å². The number of hydrogen-bond donors (Lipinski definition) is 0. The molecule has 0 spiro atoms. The van der Waals surface area contributed by atoms with Crippen LogP contribution in [0.1, 0.15) is 69.2 Å². The molecule has 0 N–H and O–H groups in total. The lowest BCUT2D eigenvalue weighted by Gasteiger charge is -2.34. The van der Waals surface area contributed by atoms with Gasteiger partial charge in [0.25, 0.3) is 5.82 Å². The zero-order valence-electron chi connectivity index (χ0n) is 21.7. The first-order valence-corrected chi connectivity index (χ1v) is 13.2. The number of para-hydroxylation sites is 4. The van der Waals surface area contributed by atoms with Gasteiger partial charge in [-0.3, -0.25) is 0 Å². The van der Waals surface area contributed by atoms with E-state index in [9.17, 15) is 0 Å². The molecule has 0 amide bonds. The third-order valence-corrected chi connectivity index (χ3v) is 8.20. The van der Waals surface area contributed by atoms with Crippen LogP contribution in [-0.2, 0) is 0 Å². The van der Waals surface area contributed by atoms with Gasteiger partial charge < -0.3 is 9.62 Å². The molecule has 5 heteroatoms. The van der Waals surface area contributed by atoms with Crippen molar-refractivity contribution in [3.63, 3.8) is 0 Å². The molecule has 1 atom stereocenters. The van der Waals surface area contributed by atoms with E-state index in [1.54, 1.807) is 0 Å². The van der Waals surface area contributed by atoms with Crippen LogP contribution in [0.2, 0.25) is 0 Å². The average molecular weight is 471 g/mol. The molecule has 3 aromatic carbocycles. The highest BCUT2D eigenvalue weighted by molar-refractivity contribution is 6.79. The topological polar surface area (TPSA) is 13.6 Å². The van der Waals surface area contributed by atoms with Crippen molar-refractivity contribution in [3.05, 3.63) is 102 Å². The molecule has 1 aromatic heterocycles. The molecule has 4 heterocycles. The Labute approximate surface area is 214 Å². The van der Waals surface area contributed by atoms with Crippen molar-refractivity contribution in [1.29, 1.82) is 0 Å². The molecule has 36 heavy (non-hydrogen) atoms. The van der Waals surface area contributed by atoms with Gasteiger partial charge in [0.1, 0.15) is 17.4 Å². The number of nitrogens with zero attached hydrogens (tertiary/aromatic N) is 4. The minimum atomic E-state index is -0.00269. The van der Waals surface area contributed by atoms with E-state index in [2.05, 4.69) is 139 Å². The van der Waals surface area contributed by atoms with E-state index in [1.807, 2.05) is 0 Å². The van der Waals surface area contributed by atoms with E-state index in [1.165, 1.54) is 50.9 Å². The van der Waals surface area contributed by atoms with Gasteiger partial charge in [0.05, 0.1) is 17.6 Å². The molecular weight excluding hydrogens is 439 g/mol. The Morgan fingerprint density at radius 2 is 1.22 bits per heavy atom. The van der Waals surface area contributed by atoms with Crippen LogP contribution in [0, 0.1) is 0 Å². The van der Waals surface area contributed by atoms with Crippen LogP contribution in [0.3, 0.4) is 0 Å². The maximum Gasteiger partial charge on any atom is 0.644 e. The third kappa shape index (κ3) is 2.69. The summed E-state index contributed by atoms with van der Waals surface area (Å²) in [7, 11) is -0.00269. The lowest BCUT2D eigenvalue weighted by molar-refractivity contribution is -0.698. The number of rotatable bonds is 3. The highest BCUT2D eigenvalue weighted by Crippen LogP contribution is 2.58. The highest BCUT2D eigenvalue weighted by Gasteiger charge is 2.63. The third-order valence-electron chi connectivity index (χ3n) is 8.20. The lowest BCUT2D eigenvalue weighted by atomic mass is 9.81. The minimum absolute atomic E-state index is 0.00269. The van der Waals surface area contributed by atoms with E-state index >= 15 is 0 Å². The van der Waals surface area contributed by atoms with Gasteiger partial charge in [-0.05, 0) is 60.2 Å². The number of anilines is 6. The molecule has 4 nitrogen and oxygen atoms in total. The molecule has 0 saturated carbocycles. The van der Waals surface area contributed by atoms with E-state index in [-0.39, 0.29) is 13.2 Å². The summed E-state index contributed by atoms with van der Waals surface area (Å²) in [6.07, 6.45) is 2.24. The number of fused-ring (bicyclic) bond motifs is 7. The first-order chi connectivity index (χ1) is 17.5. The van der Waals surface area contributed by atoms with Gasteiger partial charge in [0, 0.05) is 11.3 Å². The summed E-state index contributed by atoms with van der Waals surface area (Å²) in [5.74, 6) is 2.12. The van der Waals surface area contributed by atoms with Crippen molar-refractivity contribution in [1.82, 2.24) is 0 Å². The predicted octanol–water partition coefficient (Wildman–Crippen LogP) is 7.57. The van der Waals surface area contributed by atoms with Crippen molar-refractivity contribution in [3.8, 4) is 0 Å². The smallest absolute Gasteiger partial charge is 0.320 e. The molecular formula is C31H32BN4+. The van der Waals surface area contributed by atoms with Crippen LogP contribution in [0.5, 0.6) is 0 Å². The van der Waals surface area contributed by atoms with Crippen molar-refractivity contribution in [2.45, 2.75) is 52.5 Å². The Morgan fingerprint density at radius 1 is 0.639 bits per heavy atom. The molecule has 178 valence electrons. The van der Waals surface area contributed by atoms with Crippen LogP contribution in [0.4, 0.5) is 34.3 Å². The first-order valence-electron chi connectivity index (χ1n) is 13.2. The normalized spacial score (nSPS) is 17.0. The second kappa shape index (κ2) is 7.63. The number of pyridine rings is 1. The van der Waals surface area contributed by atoms with Crippen LogP contribution in [0.25, 0.3) is 0 Å². The van der Waals surface area contributed by atoms with Crippen LogP contribution in [-0.4, -0.2) is 7.12 Å². The highest BCUT2D eigenvalue weighted by atomic mass is 15.5. The van der Waals surface area contributed by atoms with Crippen molar-refractivity contribution < 1.29 is 4.57 Å². The largest absolute Gasteiger partial charge is 0.644 e. The number of hydrogen-bond acceptors (Lipinski definition) is 3. The summed E-state index contributed by atoms with van der Waals surface area (Å²) < 4.78 is 2.45. The summed E-state index contributed by atoms with van der Waals surface area (Å²) in [6, 6.07) is 29.5. The van der Waals surface area contributed by atoms with Crippen LogP contribution >= 0.6 is 0 Å². The maximum absolute atomic E-state index is 2.62. The fourth-order valence-electron chi connectivity index (χ4n) is 6.56. The Hall–Kier alpha value is -3.73. The SMILES string of the molecule is CC(C)c1cccc(C(C)C)c1N1B2N(c3ccccc31)c1ccc[n+]3c1N2c1ccccc1[C@H]3C. The molecule has 0 saturated heterocycles. The van der Waals surface area contributed by atoms with Crippen molar-refractivity contribution in [2.75, 3.05) is 14.4 Å². The molecule has 0 fully saturated rings. The molecule has 0 unspecified atom stereocenters. The summed E-state index contributed by atoms with van der Waals surface area (Å²) in [6.45, 7) is 11.6. The molecule has 3 aliphatic heterocycles. The summed E-state index contributed by atoms with van der Waals surface area (Å²) in [5, 5.41) is 0. The quantitative estimate of drug-likeness (QED) is 0.226. The van der Waals surface area contributed by atoms with Gasteiger partial charge in [-0.1, -0.05) is 76.2 Å². The fraction of sp³-hybridized carbons (Fsp3) is 0.258. The maximum atomic E-state index is 2.62. The van der Waals surface area contributed by atoms with Gasteiger partial charge in [-0.15, -0.1) is 0 Å². The number of benzene rings is 3. The molecule has 0 bridgehead atoms. The van der Waals surface area contributed by atoms with Crippen molar-refractivity contribution in [2.24, 2.45) is 0 Å². The zero-order chi connectivity index (χ0) is 24.7. The van der Waals surface area contributed by atoms with Gasteiger partial charge in [-0.2, -0.15) is 0 Å². The Morgan fingerprint density at radius 3 is 1.89 bits per heavy atom. The first kappa shape index (κ1) is 21.5. The molecule has 0 radical (unpaired) electrons. The van der Waals surface area contributed by atoms with E-state index < -0.39 is 0 Å². The molecule has 4 aromatic rings. The van der Waals surface area contributed by atoms with Crippen LogP contribution < -0.4 is 19.0 Å². The molecule has 3 aliphatic rings. The van der Waals surface area contributed by atoms with E-state index in [0.29, 0.717) is 11.8 Å². The average Bonchev–Trinajstić information content (AvgIpc) is 3.40. The number of aromatic nitrogens is 1. The predicted molar refractivity (Wildman–Crippen MR) is 150 cm³/mol. The monoisotopic (exact) mass is 471 g/mol. The summed E-state index contributed by atoms with van der Waals surface area (Å²) >= 11 is 0. The molecule has 7 rings (SSSR count).